The molecule has 0 bridgehead atoms. The molecule has 1 heterocycles. The van der Waals surface area contributed by atoms with E-state index < -0.39 is 11.7 Å². The largest absolute Gasteiger partial charge is 0.490 e. The van der Waals surface area contributed by atoms with Crippen LogP contribution in [0.1, 0.15) is 56.6 Å². The third-order valence-electron chi connectivity index (χ3n) is 5.79. The lowest BCUT2D eigenvalue weighted by Gasteiger charge is -2.23. The van der Waals surface area contributed by atoms with Crippen LogP contribution >= 0.6 is 0 Å². The van der Waals surface area contributed by atoms with Crippen LogP contribution in [-0.4, -0.2) is 16.1 Å². The van der Waals surface area contributed by atoms with Gasteiger partial charge >= 0.3 is 6.18 Å². The van der Waals surface area contributed by atoms with Crippen LogP contribution in [-0.2, 0) is 12.6 Å². The first-order chi connectivity index (χ1) is 16.4. The fourth-order valence-corrected chi connectivity index (χ4v) is 4.08. The van der Waals surface area contributed by atoms with E-state index in [2.05, 4.69) is 27.5 Å². The van der Waals surface area contributed by atoms with Crippen molar-refractivity contribution < 1.29 is 17.9 Å². The molecule has 1 aromatic heterocycles. The summed E-state index contributed by atoms with van der Waals surface area (Å²) in [6.07, 6.45) is 3.83. The van der Waals surface area contributed by atoms with Crippen molar-refractivity contribution >= 4 is 23.1 Å². The summed E-state index contributed by atoms with van der Waals surface area (Å²) >= 11 is 0. The summed E-state index contributed by atoms with van der Waals surface area (Å²) < 4.78 is 47.0. The van der Waals surface area contributed by atoms with Gasteiger partial charge in [0.1, 0.15) is 17.1 Å². The van der Waals surface area contributed by atoms with Crippen molar-refractivity contribution in [2.75, 3.05) is 10.6 Å². The molecule has 2 aromatic carbocycles. The Bertz CT molecular complexity index is 1080. The lowest BCUT2D eigenvalue weighted by atomic mass is 9.98. The van der Waals surface area contributed by atoms with Gasteiger partial charge in [0.2, 0.25) is 5.95 Å². The molecule has 0 radical (unpaired) electrons. The topological polar surface area (TPSA) is 59.1 Å². The first-order valence-corrected chi connectivity index (χ1v) is 11.7. The number of halogens is 3. The van der Waals surface area contributed by atoms with E-state index in [0.29, 0.717) is 17.1 Å². The first kappa shape index (κ1) is 23.9. The highest BCUT2D eigenvalue weighted by Gasteiger charge is 2.35. The van der Waals surface area contributed by atoms with Gasteiger partial charge in [-0.15, -0.1) is 0 Å². The number of alkyl halides is 3. The Morgan fingerprint density at radius 2 is 1.74 bits per heavy atom. The zero-order chi connectivity index (χ0) is 24.0. The lowest BCUT2D eigenvalue weighted by molar-refractivity contribution is -0.137. The summed E-state index contributed by atoms with van der Waals surface area (Å²) in [7, 11) is 0. The highest BCUT2D eigenvalue weighted by Crippen LogP contribution is 2.36. The Morgan fingerprint density at radius 1 is 0.971 bits per heavy atom. The van der Waals surface area contributed by atoms with Crippen LogP contribution < -0.4 is 15.4 Å². The fraction of sp³-hybridized carbons (Fsp3) is 0.385. The van der Waals surface area contributed by atoms with Crippen molar-refractivity contribution in [1.82, 2.24) is 9.97 Å². The summed E-state index contributed by atoms with van der Waals surface area (Å²) in [6, 6.07) is 14.7. The molecule has 8 heteroatoms. The van der Waals surface area contributed by atoms with E-state index in [-0.39, 0.29) is 17.9 Å². The van der Waals surface area contributed by atoms with Crippen molar-refractivity contribution in [2.45, 2.75) is 64.1 Å². The molecule has 0 saturated heterocycles. The minimum atomic E-state index is -4.60. The molecule has 0 spiro atoms. The molecule has 1 saturated carbocycles. The highest BCUT2D eigenvalue weighted by atomic mass is 19.4. The molecular weight excluding hydrogens is 441 g/mol. The minimum absolute atomic E-state index is 0.0772. The molecule has 0 atom stereocenters. The predicted molar refractivity (Wildman–Crippen MR) is 128 cm³/mol. The SMILES string of the molecule is CCCc1ccc(Nc2ncc(C(F)(F)F)c(Nc3cccc(OC4CCCCC4)c3)n2)cc1. The van der Waals surface area contributed by atoms with E-state index in [9.17, 15) is 13.2 Å². The van der Waals surface area contributed by atoms with Gasteiger partial charge in [0.15, 0.2) is 0 Å². The van der Waals surface area contributed by atoms with Gasteiger partial charge in [-0.1, -0.05) is 38.0 Å². The van der Waals surface area contributed by atoms with Gasteiger partial charge in [0, 0.05) is 23.6 Å². The number of aryl methyl sites for hydroxylation is 1. The number of rotatable bonds is 8. The van der Waals surface area contributed by atoms with E-state index >= 15 is 0 Å². The molecule has 1 fully saturated rings. The second kappa shape index (κ2) is 10.8. The second-order valence-corrected chi connectivity index (χ2v) is 8.56. The van der Waals surface area contributed by atoms with Gasteiger partial charge in [-0.05, 0) is 61.9 Å². The van der Waals surface area contributed by atoms with E-state index in [0.717, 1.165) is 44.7 Å². The molecule has 3 aromatic rings. The summed E-state index contributed by atoms with van der Waals surface area (Å²) in [5.74, 6) is 0.390. The Labute approximate surface area is 197 Å². The number of anilines is 4. The van der Waals surface area contributed by atoms with E-state index in [1.165, 1.54) is 12.0 Å². The number of hydrogen-bond donors (Lipinski definition) is 2. The molecule has 2 N–H and O–H groups in total. The summed E-state index contributed by atoms with van der Waals surface area (Å²) in [5, 5.41) is 5.81. The van der Waals surface area contributed by atoms with Crippen LogP contribution in [0.4, 0.5) is 36.3 Å². The van der Waals surface area contributed by atoms with Crippen LogP contribution in [0.15, 0.2) is 54.7 Å². The van der Waals surface area contributed by atoms with Crippen LogP contribution in [0.3, 0.4) is 0 Å². The normalized spacial score (nSPS) is 14.6. The molecular formula is C26H29F3N4O. The number of ether oxygens (including phenoxy) is 1. The average Bonchev–Trinajstić information content (AvgIpc) is 2.81. The molecule has 180 valence electrons. The van der Waals surface area contributed by atoms with Gasteiger partial charge < -0.3 is 15.4 Å². The third-order valence-corrected chi connectivity index (χ3v) is 5.79. The van der Waals surface area contributed by atoms with Crippen LogP contribution in [0.25, 0.3) is 0 Å². The lowest BCUT2D eigenvalue weighted by Crippen LogP contribution is -2.19. The molecule has 0 unspecified atom stereocenters. The molecule has 1 aliphatic rings. The molecule has 0 aliphatic heterocycles. The number of benzene rings is 2. The number of nitrogens with one attached hydrogen (secondary N) is 2. The Morgan fingerprint density at radius 3 is 2.44 bits per heavy atom. The average molecular weight is 471 g/mol. The van der Waals surface area contributed by atoms with E-state index in [1.54, 1.807) is 18.2 Å². The summed E-state index contributed by atoms with van der Waals surface area (Å²) in [6.45, 7) is 2.11. The van der Waals surface area contributed by atoms with E-state index in [1.807, 2.05) is 30.3 Å². The summed E-state index contributed by atoms with van der Waals surface area (Å²) in [4.78, 5) is 8.03. The standard InChI is InChI=1S/C26H29F3N4O/c1-2-7-18-12-14-19(15-13-18)32-25-30-17-23(26(27,28)29)24(33-25)31-20-8-6-11-22(16-20)34-21-9-4-3-5-10-21/h6,8,11-17,21H,2-5,7,9-10H2,1H3,(H2,30,31,32,33). The van der Waals surface area contributed by atoms with Crippen molar-refractivity contribution in [3.05, 3.63) is 65.9 Å². The van der Waals surface area contributed by atoms with Crippen molar-refractivity contribution in [1.29, 1.82) is 0 Å². The number of nitrogens with zero attached hydrogens (tertiary/aromatic N) is 2. The zero-order valence-electron chi connectivity index (χ0n) is 19.2. The maximum absolute atomic E-state index is 13.6. The first-order valence-electron chi connectivity index (χ1n) is 11.7. The molecule has 0 amide bonds. The maximum atomic E-state index is 13.6. The highest BCUT2D eigenvalue weighted by molar-refractivity contribution is 5.64. The second-order valence-electron chi connectivity index (χ2n) is 8.56. The van der Waals surface area contributed by atoms with E-state index in [4.69, 9.17) is 4.74 Å². The number of aromatic nitrogens is 2. The van der Waals surface area contributed by atoms with Crippen LogP contribution in [0.5, 0.6) is 5.75 Å². The third kappa shape index (κ3) is 6.40. The quantitative estimate of drug-likeness (QED) is 0.354. The monoisotopic (exact) mass is 470 g/mol. The van der Waals surface area contributed by atoms with Gasteiger partial charge in [-0.2, -0.15) is 18.2 Å². The summed E-state index contributed by atoms with van der Waals surface area (Å²) in [5.41, 5.74) is 1.43. The van der Waals surface area contributed by atoms with Crippen LogP contribution in [0, 0.1) is 0 Å². The van der Waals surface area contributed by atoms with Crippen molar-refractivity contribution in [2.24, 2.45) is 0 Å². The maximum Gasteiger partial charge on any atom is 0.421 e. The van der Waals surface area contributed by atoms with Gasteiger partial charge in [-0.3, -0.25) is 0 Å². The predicted octanol–water partition coefficient (Wildman–Crippen LogP) is 7.65. The molecule has 4 rings (SSSR count). The van der Waals surface area contributed by atoms with Gasteiger partial charge in [-0.25, -0.2) is 4.98 Å². The fourth-order valence-electron chi connectivity index (χ4n) is 4.08. The van der Waals surface area contributed by atoms with Crippen molar-refractivity contribution in [3.8, 4) is 5.75 Å². The molecule has 5 nitrogen and oxygen atoms in total. The zero-order valence-corrected chi connectivity index (χ0v) is 19.2. The minimum Gasteiger partial charge on any atom is -0.490 e. The van der Waals surface area contributed by atoms with Gasteiger partial charge in [0.25, 0.3) is 0 Å². The van der Waals surface area contributed by atoms with Gasteiger partial charge in [0.05, 0.1) is 6.10 Å². The Hall–Kier alpha value is -3.29. The smallest absolute Gasteiger partial charge is 0.421 e. The van der Waals surface area contributed by atoms with Crippen LogP contribution in [0.2, 0.25) is 0 Å². The Balaban J connectivity index is 1.54. The van der Waals surface area contributed by atoms with Crippen molar-refractivity contribution in [3.63, 3.8) is 0 Å². The Kier molecular flexibility index (Phi) is 7.55. The number of hydrogen-bond acceptors (Lipinski definition) is 5. The molecule has 1 aliphatic carbocycles. The molecule has 34 heavy (non-hydrogen) atoms.